The van der Waals surface area contributed by atoms with Gasteiger partial charge in [0.2, 0.25) is 23.7 Å². The lowest BCUT2D eigenvalue weighted by atomic mass is 10.1. The van der Waals surface area contributed by atoms with Crippen LogP contribution in [0.25, 0.3) is 11.2 Å². The van der Waals surface area contributed by atoms with Crippen molar-refractivity contribution in [3.63, 3.8) is 0 Å². The topological polar surface area (TPSA) is 248 Å². The van der Waals surface area contributed by atoms with Crippen LogP contribution in [0.1, 0.15) is 44.7 Å². The Morgan fingerprint density at radius 1 is 1.09 bits per heavy atom. The van der Waals surface area contributed by atoms with Crippen molar-refractivity contribution in [2.75, 3.05) is 32.0 Å². The maximum absolute atomic E-state index is 14.2. The van der Waals surface area contributed by atoms with Crippen LogP contribution < -0.4 is 26.2 Å². The van der Waals surface area contributed by atoms with E-state index in [9.17, 15) is 22.8 Å². The number of aliphatic imine (C=N–C) groups is 1. The minimum Gasteiger partial charge on any atom is -0.471 e. The number of hydrogen-bond donors (Lipinski definition) is 4. The van der Waals surface area contributed by atoms with E-state index in [0.29, 0.717) is 0 Å². The maximum Gasteiger partial charge on any atom is 0.407 e. The van der Waals surface area contributed by atoms with E-state index in [0.717, 1.165) is 11.1 Å². The summed E-state index contributed by atoms with van der Waals surface area (Å²) < 4.78 is 45.8. The number of amides is 2. The molecule has 0 radical (unpaired) electrons. The molecule has 2 aromatic heterocycles. The van der Waals surface area contributed by atoms with Gasteiger partial charge in [-0.3, -0.25) is 9.79 Å². The normalized spacial score (nSPS) is 12.4. The van der Waals surface area contributed by atoms with Crippen molar-refractivity contribution in [2.45, 2.75) is 70.2 Å². The Morgan fingerprint density at radius 3 is 2.48 bits per heavy atom. The van der Waals surface area contributed by atoms with Crippen LogP contribution in [0.15, 0.2) is 83.5 Å². The van der Waals surface area contributed by atoms with Gasteiger partial charge in [-0.1, -0.05) is 60.7 Å². The third-order valence-corrected chi connectivity index (χ3v) is 9.16. The Balaban J connectivity index is 1.55. The van der Waals surface area contributed by atoms with E-state index in [2.05, 4.69) is 36.6 Å². The molecule has 0 aliphatic carbocycles. The van der Waals surface area contributed by atoms with Crippen LogP contribution in [0, 0.1) is 6.92 Å². The van der Waals surface area contributed by atoms with Gasteiger partial charge in [0.15, 0.2) is 11.2 Å². The van der Waals surface area contributed by atoms with Crippen LogP contribution in [-0.4, -0.2) is 94.7 Å². The van der Waals surface area contributed by atoms with Crippen molar-refractivity contribution in [1.82, 2.24) is 34.5 Å². The highest BCUT2D eigenvalue weighted by Crippen LogP contribution is 2.23. The predicted molar refractivity (Wildman–Crippen MR) is 209 cm³/mol. The van der Waals surface area contributed by atoms with Gasteiger partial charge in [-0.05, 0) is 58.2 Å². The number of carbonyl (C=O) groups is 3. The molecule has 1 atom stereocenters. The van der Waals surface area contributed by atoms with Crippen LogP contribution in [0.3, 0.4) is 0 Å². The van der Waals surface area contributed by atoms with Crippen LogP contribution in [0.2, 0.25) is 0 Å². The van der Waals surface area contributed by atoms with E-state index in [1.54, 1.807) is 32.9 Å². The van der Waals surface area contributed by atoms with Crippen molar-refractivity contribution >= 4 is 51.1 Å². The summed E-state index contributed by atoms with van der Waals surface area (Å²) in [6, 6.07) is 14.4. The maximum atomic E-state index is 14.2. The van der Waals surface area contributed by atoms with Gasteiger partial charge in [0.05, 0.1) is 11.2 Å². The molecular formula is C37H48N10O8S. The molecule has 0 spiro atoms. The summed E-state index contributed by atoms with van der Waals surface area (Å²) >= 11 is 0. The molecule has 0 fully saturated rings. The number of sulfonamides is 1. The number of benzene rings is 2. The molecule has 4 aromatic rings. The van der Waals surface area contributed by atoms with Crippen LogP contribution in [0.5, 0.6) is 5.88 Å². The minimum absolute atomic E-state index is 0.0103. The molecule has 0 saturated heterocycles. The molecule has 0 aliphatic rings. The smallest absolute Gasteiger partial charge is 0.407 e. The van der Waals surface area contributed by atoms with Gasteiger partial charge in [-0.2, -0.15) is 9.97 Å². The zero-order chi connectivity index (χ0) is 40.9. The fourth-order valence-corrected chi connectivity index (χ4v) is 6.18. The summed E-state index contributed by atoms with van der Waals surface area (Å²) in [5, 5.41) is 2.61. The second kappa shape index (κ2) is 19.4. The average Bonchev–Trinajstić information content (AvgIpc) is 3.53. The second-order valence-corrected chi connectivity index (χ2v) is 15.2. The molecule has 4 rings (SSSR count). The summed E-state index contributed by atoms with van der Waals surface area (Å²) in [6.45, 7) is 10.0. The number of nitrogen functional groups attached to an aromatic ring is 1. The number of anilines is 1. The number of aromatic nitrogens is 4. The van der Waals surface area contributed by atoms with Crippen LogP contribution in [0.4, 0.5) is 10.7 Å². The molecule has 300 valence electrons. The Bertz CT molecular complexity index is 2120. The first kappa shape index (κ1) is 42.5. The highest BCUT2D eigenvalue weighted by molar-refractivity contribution is 7.90. The third kappa shape index (κ3) is 12.7. The Kier molecular flexibility index (Phi) is 14.7. The SMILES string of the molecule is C=CCOC(=O)[C@H](CCCN=C(N)NS(=O)(=O)c1ccc(C)cc1)N(CCNC(=O)OC(C)(C)C)C(=O)Cn1cnc2c(OCc3ccccc3)nc(N)nc21. The monoisotopic (exact) mass is 792 g/mol. The molecule has 6 N–H and O–H groups in total. The summed E-state index contributed by atoms with van der Waals surface area (Å²) in [6.07, 6.45) is 2.24. The highest BCUT2D eigenvalue weighted by atomic mass is 32.2. The average molecular weight is 793 g/mol. The first-order valence-corrected chi connectivity index (χ1v) is 19.1. The number of nitrogens with one attached hydrogen (secondary N) is 2. The Labute approximate surface area is 325 Å². The van der Waals surface area contributed by atoms with Gasteiger partial charge in [-0.25, -0.2) is 27.7 Å². The minimum atomic E-state index is -3.99. The van der Waals surface area contributed by atoms with Crippen LogP contribution in [-0.2, 0) is 42.2 Å². The van der Waals surface area contributed by atoms with Gasteiger partial charge in [0.1, 0.15) is 31.4 Å². The van der Waals surface area contributed by atoms with Crippen molar-refractivity contribution in [3.8, 4) is 5.88 Å². The van der Waals surface area contributed by atoms with E-state index in [-0.39, 0.29) is 86.1 Å². The van der Waals surface area contributed by atoms with Crippen molar-refractivity contribution < 1.29 is 37.0 Å². The standard InChI is InChI=1S/C37H48N10O8S/c1-6-21-53-33(49)28(13-10-18-40-34(38)45-56(51,52)27-16-14-25(2)15-17-27)47(20-19-41-36(50)55-37(3,4)5)29(48)22-46-24-42-30-31(46)43-35(39)44-32(30)54-23-26-11-8-7-9-12-26/h6-9,11-12,14-17,24,28H,1,10,13,18-23H2,2-5H3,(H,41,50)(H3,38,40,45)(H2,39,43,44)/t28-/m0/s1. The highest BCUT2D eigenvalue weighted by Gasteiger charge is 2.32. The number of rotatable bonds is 18. The Morgan fingerprint density at radius 2 is 1.80 bits per heavy atom. The summed E-state index contributed by atoms with van der Waals surface area (Å²) in [5.74, 6) is -1.65. The zero-order valence-corrected chi connectivity index (χ0v) is 32.6. The lowest BCUT2D eigenvalue weighted by molar-refractivity contribution is -0.154. The third-order valence-electron chi connectivity index (χ3n) is 7.79. The quantitative estimate of drug-likeness (QED) is 0.0373. The number of nitrogens with two attached hydrogens (primary N) is 2. The number of imidazole rings is 1. The number of aryl methyl sites for hydroxylation is 1. The number of alkyl carbamates (subject to hydrolysis) is 1. The Hall–Kier alpha value is -6.24. The molecule has 0 saturated carbocycles. The first-order chi connectivity index (χ1) is 26.6. The first-order valence-electron chi connectivity index (χ1n) is 17.6. The number of carbonyl (C=O) groups excluding carboxylic acids is 3. The summed E-state index contributed by atoms with van der Waals surface area (Å²) in [5.41, 5.74) is 13.4. The van der Waals surface area contributed by atoms with E-state index < -0.39 is 39.6 Å². The lowest BCUT2D eigenvalue weighted by Gasteiger charge is -2.31. The van der Waals surface area contributed by atoms with E-state index in [4.69, 9.17) is 25.7 Å². The molecule has 2 aromatic carbocycles. The van der Waals surface area contributed by atoms with Crippen molar-refractivity contribution in [1.29, 1.82) is 0 Å². The van der Waals surface area contributed by atoms with E-state index in [1.165, 1.54) is 34.0 Å². The van der Waals surface area contributed by atoms with Crippen molar-refractivity contribution in [3.05, 3.63) is 84.7 Å². The molecule has 0 unspecified atom stereocenters. The number of fused-ring (bicyclic) bond motifs is 1. The molecule has 56 heavy (non-hydrogen) atoms. The molecule has 0 bridgehead atoms. The molecule has 2 amide bonds. The molecular weight excluding hydrogens is 745 g/mol. The van der Waals surface area contributed by atoms with Gasteiger partial charge >= 0.3 is 12.1 Å². The predicted octanol–water partition coefficient (Wildman–Crippen LogP) is 2.82. The fraction of sp³-hybridized carbons (Fsp3) is 0.378. The molecule has 18 nitrogen and oxygen atoms in total. The largest absolute Gasteiger partial charge is 0.471 e. The summed E-state index contributed by atoms with van der Waals surface area (Å²) in [7, 11) is -3.99. The number of nitrogens with zero attached hydrogens (tertiary/aromatic N) is 6. The molecule has 19 heteroatoms. The molecule has 2 heterocycles. The number of esters is 1. The summed E-state index contributed by atoms with van der Waals surface area (Å²) in [4.78, 5) is 58.5. The number of ether oxygens (including phenoxy) is 3. The number of hydrogen-bond acceptors (Lipinski definition) is 13. The van der Waals surface area contributed by atoms with E-state index >= 15 is 0 Å². The van der Waals surface area contributed by atoms with Crippen molar-refractivity contribution in [2.24, 2.45) is 10.7 Å². The fourth-order valence-electron chi connectivity index (χ4n) is 5.23. The lowest BCUT2D eigenvalue weighted by Crippen LogP contribution is -2.50. The molecule has 0 aliphatic heterocycles. The van der Waals surface area contributed by atoms with Gasteiger partial charge in [0.25, 0.3) is 10.0 Å². The van der Waals surface area contributed by atoms with Gasteiger partial charge in [0, 0.05) is 19.6 Å². The van der Waals surface area contributed by atoms with Crippen LogP contribution >= 0.6 is 0 Å². The second-order valence-electron chi connectivity index (χ2n) is 13.5. The zero-order valence-electron chi connectivity index (χ0n) is 31.8. The van der Waals surface area contributed by atoms with Gasteiger partial charge < -0.3 is 40.5 Å². The number of guanidine groups is 1. The van der Waals surface area contributed by atoms with Gasteiger partial charge in [-0.15, -0.1) is 0 Å². The van der Waals surface area contributed by atoms with E-state index in [1.807, 2.05) is 37.3 Å².